The molecule has 0 aliphatic rings. The second-order valence-corrected chi connectivity index (χ2v) is 31.5. The molecule has 0 atom stereocenters. The zero-order chi connectivity index (χ0) is 93.2. The van der Waals surface area contributed by atoms with Gasteiger partial charge in [-0.3, -0.25) is 4.79 Å². The minimum Gasteiger partial charge on any atom is -0.515 e. The van der Waals surface area contributed by atoms with Gasteiger partial charge in [-0.15, -0.1) is 286 Å². The molecule has 10 nitrogen and oxygen atoms in total. The van der Waals surface area contributed by atoms with Gasteiger partial charge < -0.3 is 52.4 Å². The second kappa shape index (κ2) is 62.0. The van der Waals surface area contributed by atoms with E-state index in [4.69, 9.17) is 5.11 Å². The molecule has 8 heterocycles. The van der Waals surface area contributed by atoms with Crippen molar-refractivity contribution >= 4 is 5.78 Å². The molecule has 0 spiro atoms. The Bertz CT molecular complexity index is 6230. The number of carbonyl (C=O) groups is 1. The largest absolute Gasteiger partial charge is 3.00 e. The molecule has 704 valence electrons. The molecule has 19 aromatic rings. The van der Waals surface area contributed by atoms with Crippen molar-refractivity contribution in [2.45, 2.75) is 90.0 Å². The summed E-state index contributed by atoms with van der Waals surface area (Å²) in [7, 11) is 0. The number of rotatable bonds is 12. The Balaban J connectivity index is 0.000000276. The third-order valence-electron chi connectivity index (χ3n) is 20.2. The van der Waals surface area contributed by atoms with Crippen LogP contribution in [-0.4, -0.2) is 50.8 Å². The fourth-order valence-electron chi connectivity index (χ4n) is 13.4. The fourth-order valence-corrected chi connectivity index (χ4v) is 13.4. The molecule has 1 N–H and O–H groups in total. The number of benzene rings is 11. The number of ketones is 1. The van der Waals surface area contributed by atoms with Crippen LogP contribution in [0.25, 0.3) is 123 Å². The average molecular weight is 2690 g/mol. The molecule has 0 aliphatic heterocycles. The third kappa shape index (κ3) is 38.6. The summed E-state index contributed by atoms with van der Waals surface area (Å²) < 4.78 is 0. The maximum absolute atomic E-state index is 10.1. The number of hydrogen-bond donors (Lipinski definition) is 1. The minimum atomic E-state index is -0.0949. The van der Waals surface area contributed by atoms with E-state index in [1.54, 1.807) is 19.3 Å². The summed E-state index contributed by atoms with van der Waals surface area (Å²) >= 11 is 0. The van der Waals surface area contributed by atoms with E-state index in [9.17, 15) is 4.79 Å². The number of aliphatic hydroxyl groups is 1. The Morgan fingerprint density at radius 1 is 0.261 bits per heavy atom. The van der Waals surface area contributed by atoms with Crippen LogP contribution >= 0.6 is 0 Å². The first-order valence-electron chi connectivity index (χ1n) is 43.5. The molecule has 0 saturated heterocycles. The predicted octanol–water partition coefficient (Wildman–Crippen LogP) is 30.3. The van der Waals surface area contributed by atoms with Crippen LogP contribution in [-0.2, 0) is 105 Å². The molecule has 4 radical (unpaired) electrons. The normalized spacial score (nSPS) is 9.82. The number of Topliss-reactive ketones (excluding diaryl/α,β-unsaturated/α-hetero) is 1. The summed E-state index contributed by atoms with van der Waals surface area (Å²) in [4.78, 5) is 45.2. The number of allylic oxidation sites excluding steroid dienone is 1. The number of pyridine rings is 8. The Hall–Kier alpha value is -12.9. The number of aryl methyl sites for hydroxylation is 11. The first-order chi connectivity index (χ1) is 64.2. The summed E-state index contributed by atoms with van der Waals surface area (Å²) in [6, 6.07) is 143. The van der Waals surface area contributed by atoms with Crippen molar-refractivity contribution in [2.24, 2.45) is 0 Å². The van der Waals surface area contributed by atoms with Gasteiger partial charge in [0.2, 0.25) is 0 Å². The van der Waals surface area contributed by atoms with Crippen LogP contribution in [0.3, 0.4) is 0 Å². The van der Waals surface area contributed by atoms with Crippen molar-refractivity contribution in [3.8, 4) is 123 Å². The molecule has 11 aromatic carbocycles. The van der Waals surface area contributed by atoms with Gasteiger partial charge >= 0.3 is 20.1 Å². The Labute approximate surface area is 885 Å². The summed E-state index contributed by atoms with van der Waals surface area (Å²) in [5.41, 5.74) is 37.2. The van der Waals surface area contributed by atoms with E-state index in [2.05, 4.69) is 259 Å². The fraction of sp³-hybridized carbons (Fsp3) is 0.106. The Morgan fingerprint density at radius 3 is 0.884 bits per heavy atom. The van der Waals surface area contributed by atoms with Gasteiger partial charge in [-0.05, 0) is 197 Å². The van der Waals surface area contributed by atoms with Gasteiger partial charge in [-0.25, -0.2) is 0 Å². The quantitative estimate of drug-likeness (QED) is 0.0714. The van der Waals surface area contributed by atoms with Crippen molar-refractivity contribution in [3.05, 3.63) is 524 Å². The van der Waals surface area contributed by atoms with Gasteiger partial charge in [-0.2, -0.15) is 0 Å². The molecule has 19 rings (SSSR count). The van der Waals surface area contributed by atoms with Crippen LogP contribution in [0.15, 0.2) is 407 Å². The standard InChI is InChI=1S/2C19H16N.C18H14N.3C13H12N.2C11H8N.C5H8O2.CH3.5Ir/c2*1-14-10-15(2)12-18(11-14)17-8-9-20-19(13-17)16-6-4-3-5-7-16;1-14-12-18(16-10-6-3-7-11-16)19-13-17(14)15-8-4-2-5-9-15;2*1-10-3-6-12(7-4-10)13-8-5-11(2)9-14-13;1-10-8-11(2)14-13(9-10)12-6-4-3-5-7-12;2*1-2-6-10(7-3-1)11-8-4-5-9-12-11;1-4(3-6)5(2)7;;;;;;/h2*3-6,8-13H,1-2H3;2-10,12-13H,1H3;3*3-6,8-9H,1-2H3;2*1-6,8-9H;3,6H,1-2H3;1H3;;;;;/q8*-1;;-1;;;;;+3. The summed E-state index contributed by atoms with van der Waals surface area (Å²) in [5, 5.41) is 8.12. The molecule has 0 bridgehead atoms. The smallest absolute Gasteiger partial charge is 0.515 e. The van der Waals surface area contributed by atoms with Gasteiger partial charge in [0.25, 0.3) is 0 Å². The Kier molecular flexibility index (Phi) is 51.9. The van der Waals surface area contributed by atoms with Crippen molar-refractivity contribution in [1.29, 1.82) is 0 Å². The summed E-state index contributed by atoms with van der Waals surface area (Å²) in [5.74, 6) is -0.0949. The van der Waals surface area contributed by atoms with E-state index >= 15 is 0 Å². The molecule has 0 fully saturated rings. The van der Waals surface area contributed by atoms with Crippen molar-refractivity contribution in [3.63, 3.8) is 0 Å². The first-order valence-corrected chi connectivity index (χ1v) is 43.5. The molecule has 138 heavy (non-hydrogen) atoms. The molecule has 0 saturated carbocycles. The van der Waals surface area contributed by atoms with Gasteiger partial charge in [0.05, 0.1) is 6.26 Å². The van der Waals surface area contributed by atoms with Crippen LogP contribution < -0.4 is 0 Å². The van der Waals surface area contributed by atoms with Crippen LogP contribution in [0, 0.1) is 132 Å². The van der Waals surface area contributed by atoms with E-state index < -0.39 is 0 Å². The molecular weight excluding hydrogens is 2580 g/mol. The van der Waals surface area contributed by atoms with Gasteiger partial charge in [0, 0.05) is 141 Å². The maximum atomic E-state index is 10.1. The van der Waals surface area contributed by atoms with E-state index in [0.717, 1.165) is 102 Å². The predicted molar refractivity (Wildman–Crippen MR) is 550 cm³/mol. The molecule has 0 aliphatic carbocycles. The molecule has 0 unspecified atom stereocenters. The van der Waals surface area contributed by atoms with Gasteiger partial charge in [0.1, 0.15) is 0 Å². The maximum Gasteiger partial charge on any atom is 3.00 e. The molecule has 15 heteroatoms. The van der Waals surface area contributed by atoms with Crippen molar-refractivity contribution in [2.75, 3.05) is 0 Å². The Morgan fingerprint density at radius 2 is 0.580 bits per heavy atom. The SMILES string of the molecule is CC(=O)C(C)=CO.Cc1c[c-]c(-c2ccc(C)cn2)cc1.Cc1c[c-]c(-c2ccc(C)cn2)cc1.Cc1cc(-c2[c-]cccc2)ncc1-c1ccccc1.Cc1cc(C)cc(-c2ccnc(-c3[c-]cccc3)c2)c1.Cc1cc(C)cc(-c2ccnc(-c3[c-]cccc3)c2)c1.Cc1cc(C)nc(-c2[c-]cccc2)c1.[CH3-].[Ir+3].[Ir].[Ir].[Ir].[Ir].[c-]1ccccc1-c1ccccn1.[c-]1ccccc1-c1ccccn1. The topological polar surface area (TPSA) is 140 Å². The first kappa shape index (κ1) is 116. The van der Waals surface area contributed by atoms with Crippen molar-refractivity contribution < 1.29 is 110 Å². The monoisotopic (exact) mass is 2690 g/mol. The second-order valence-electron chi connectivity index (χ2n) is 31.5. The average Bonchev–Trinajstić information content (AvgIpc) is 0.829. The van der Waals surface area contributed by atoms with E-state index in [1.807, 2.05) is 288 Å². The van der Waals surface area contributed by atoms with E-state index in [1.165, 1.54) is 95.9 Å². The number of aliphatic hydroxyl groups excluding tert-OH is 1. The zero-order valence-corrected chi connectivity index (χ0v) is 91.7. The van der Waals surface area contributed by atoms with Crippen LogP contribution in [0.5, 0.6) is 0 Å². The van der Waals surface area contributed by atoms with Crippen LogP contribution in [0.1, 0.15) is 75.2 Å². The summed E-state index contributed by atoms with van der Waals surface area (Å²) in [6.45, 7) is 25.9. The van der Waals surface area contributed by atoms with E-state index in [-0.39, 0.29) is 114 Å². The van der Waals surface area contributed by atoms with Crippen LogP contribution in [0.2, 0.25) is 0 Å². The van der Waals surface area contributed by atoms with Crippen molar-refractivity contribution in [1.82, 2.24) is 39.9 Å². The number of nitrogens with zero attached hydrogens (tertiary/aromatic N) is 8. The zero-order valence-electron chi connectivity index (χ0n) is 79.7. The third-order valence-corrected chi connectivity index (χ3v) is 20.2. The summed E-state index contributed by atoms with van der Waals surface area (Å²) in [6.07, 6.45) is 13.8. The van der Waals surface area contributed by atoms with Gasteiger partial charge in [0.15, 0.2) is 5.78 Å². The van der Waals surface area contributed by atoms with E-state index in [0.29, 0.717) is 5.57 Å². The number of hydrogen-bond acceptors (Lipinski definition) is 10. The minimum absolute atomic E-state index is 0. The molecule has 0 amide bonds. The van der Waals surface area contributed by atoms with Crippen LogP contribution in [0.4, 0.5) is 0 Å². The number of carbonyl (C=O) groups excluding carboxylic acids is 1. The number of aromatic nitrogens is 8. The molecule has 8 aromatic heterocycles. The molecular formula is C123H109Ir5N8O2-6. The van der Waals surface area contributed by atoms with Gasteiger partial charge in [-0.1, -0.05) is 181 Å².